The van der Waals surface area contributed by atoms with Gasteiger partial charge >= 0.3 is 5.97 Å². The summed E-state index contributed by atoms with van der Waals surface area (Å²) in [6.07, 6.45) is 5.11. The summed E-state index contributed by atoms with van der Waals surface area (Å²) < 4.78 is 4.98. The van der Waals surface area contributed by atoms with Crippen LogP contribution in [0, 0.1) is 11.8 Å². The highest BCUT2D eigenvalue weighted by Gasteiger charge is 2.42. The van der Waals surface area contributed by atoms with E-state index in [1.807, 2.05) is 25.1 Å². The van der Waals surface area contributed by atoms with Crippen molar-refractivity contribution in [2.24, 2.45) is 11.8 Å². The number of hydrogen-bond donors (Lipinski definition) is 0. The van der Waals surface area contributed by atoms with Gasteiger partial charge in [-0.1, -0.05) is 42.5 Å². The van der Waals surface area contributed by atoms with Crippen molar-refractivity contribution in [1.29, 1.82) is 0 Å². The van der Waals surface area contributed by atoms with E-state index in [2.05, 4.69) is 24.3 Å². The SMILES string of the molecule is CCOC(=O)C1CC1/C=C/c1ccccc1. The fourth-order valence-corrected chi connectivity index (χ4v) is 1.75. The summed E-state index contributed by atoms with van der Waals surface area (Å²) in [5.74, 6) is 0.421. The van der Waals surface area contributed by atoms with E-state index in [1.54, 1.807) is 0 Å². The molecule has 0 N–H and O–H groups in total. The third kappa shape index (κ3) is 2.72. The van der Waals surface area contributed by atoms with Gasteiger partial charge in [-0.2, -0.15) is 0 Å². The summed E-state index contributed by atoms with van der Waals surface area (Å²) in [6.45, 7) is 2.32. The average Bonchev–Trinajstić information content (AvgIpc) is 3.08. The Hall–Kier alpha value is -1.57. The first-order valence-corrected chi connectivity index (χ1v) is 5.71. The van der Waals surface area contributed by atoms with Crippen LogP contribution in [-0.4, -0.2) is 12.6 Å². The van der Waals surface area contributed by atoms with Crippen molar-refractivity contribution in [2.75, 3.05) is 6.61 Å². The molecule has 0 saturated heterocycles. The fourth-order valence-electron chi connectivity index (χ4n) is 1.75. The van der Waals surface area contributed by atoms with Crippen LogP contribution >= 0.6 is 0 Å². The maximum Gasteiger partial charge on any atom is 0.309 e. The molecule has 1 fully saturated rings. The Morgan fingerprint density at radius 3 is 2.88 bits per heavy atom. The topological polar surface area (TPSA) is 26.3 Å². The van der Waals surface area contributed by atoms with Crippen LogP contribution in [0.2, 0.25) is 0 Å². The van der Waals surface area contributed by atoms with Gasteiger partial charge in [0.05, 0.1) is 12.5 Å². The first-order valence-electron chi connectivity index (χ1n) is 5.71. The summed E-state index contributed by atoms with van der Waals surface area (Å²) in [6, 6.07) is 10.1. The molecule has 2 unspecified atom stereocenters. The van der Waals surface area contributed by atoms with Crippen molar-refractivity contribution in [2.45, 2.75) is 13.3 Å². The van der Waals surface area contributed by atoms with Crippen molar-refractivity contribution in [1.82, 2.24) is 0 Å². The van der Waals surface area contributed by atoms with E-state index in [4.69, 9.17) is 4.74 Å². The van der Waals surface area contributed by atoms with Crippen LogP contribution < -0.4 is 0 Å². The van der Waals surface area contributed by atoms with Crippen molar-refractivity contribution in [3.05, 3.63) is 42.0 Å². The number of hydrogen-bond acceptors (Lipinski definition) is 2. The first-order chi connectivity index (χ1) is 7.81. The standard InChI is InChI=1S/C14H16O2/c1-2-16-14(15)13-10-12(13)9-8-11-6-4-3-5-7-11/h3-9,12-13H,2,10H2,1H3/b9-8+. The third-order valence-electron chi connectivity index (χ3n) is 2.76. The van der Waals surface area contributed by atoms with Crippen LogP contribution in [0.4, 0.5) is 0 Å². The van der Waals surface area contributed by atoms with Crippen LogP contribution in [0.5, 0.6) is 0 Å². The predicted molar refractivity (Wildman–Crippen MR) is 63.7 cm³/mol. The fraction of sp³-hybridized carbons (Fsp3) is 0.357. The lowest BCUT2D eigenvalue weighted by molar-refractivity contribution is -0.144. The molecule has 1 aliphatic carbocycles. The van der Waals surface area contributed by atoms with Gasteiger partial charge in [-0.25, -0.2) is 0 Å². The second-order valence-corrected chi connectivity index (χ2v) is 4.03. The smallest absolute Gasteiger partial charge is 0.309 e. The van der Waals surface area contributed by atoms with Crippen molar-refractivity contribution in [3.63, 3.8) is 0 Å². The Kier molecular flexibility index (Phi) is 3.40. The molecule has 1 aromatic rings. The summed E-state index contributed by atoms with van der Waals surface area (Å²) >= 11 is 0. The molecule has 1 aromatic carbocycles. The summed E-state index contributed by atoms with van der Waals surface area (Å²) in [5, 5.41) is 0. The number of rotatable bonds is 4. The zero-order valence-electron chi connectivity index (χ0n) is 9.43. The molecule has 0 aliphatic heterocycles. The van der Waals surface area contributed by atoms with E-state index >= 15 is 0 Å². The summed E-state index contributed by atoms with van der Waals surface area (Å²) in [7, 11) is 0. The maximum absolute atomic E-state index is 11.4. The molecule has 0 aromatic heterocycles. The lowest BCUT2D eigenvalue weighted by Crippen LogP contribution is -2.06. The van der Waals surface area contributed by atoms with Gasteiger partial charge in [0.25, 0.3) is 0 Å². The lowest BCUT2D eigenvalue weighted by atomic mass is 10.2. The van der Waals surface area contributed by atoms with Crippen LogP contribution in [-0.2, 0) is 9.53 Å². The predicted octanol–water partition coefficient (Wildman–Crippen LogP) is 2.90. The Labute approximate surface area is 95.9 Å². The normalized spacial score (nSPS) is 23.3. The highest BCUT2D eigenvalue weighted by Crippen LogP contribution is 2.40. The maximum atomic E-state index is 11.4. The molecule has 0 heterocycles. The van der Waals surface area contributed by atoms with Crippen LogP contribution in [0.1, 0.15) is 18.9 Å². The molecule has 1 aliphatic rings. The van der Waals surface area contributed by atoms with E-state index < -0.39 is 0 Å². The van der Waals surface area contributed by atoms with Gasteiger partial charge in [-0.05, 0) is 24.8 Å². The van der Waals surface area contributed by atoms with Crippen molar-refractivity contribution < 1.29 is 9.53 Å². The number of carbonyl (C=O) groups is 1. The summed E-state index contributed by atoms with van der Waals surface area (Å²) in [4.78, 5) is 11.4. The molecule has 0 spiro atoms. The van der Waals surface area contributed by atoms with Crippen molar-refractivity contribution >= 4 is 12.0 Å². The molecule has 0 amide bonds. The largest absolute Gasteiger partial charge is 0.466 e. The van der Waals surface area contributed by atoms with Crippen LogP contribution in [0.3, 0.4) is 0 Å². The van der Waals surface area contributed by atoms with Crippen LogP contribution in [0.25, 0.3) is 6.08 Å². The molecule has 2 atom stereocenters. The molecular weight excluding hydrogens is 200 g/mol. The highest BCUT2D eigenvalue weighted by molar-refractivity contribution is 5.76. The van der Waals surface area contributed by atoms with Gasteiger partial charge in [0, 0.05) is 0 Å². The number of esters is 1. The molecule has 2 nitrogen and oxygen atoms in total. The first kappa shape index (κ1) is 10.9. The number of carbonyl (C=O) groups excluding carboxylic acids is 1. The van der Waals surface area contributed by atoms with Gasteiger partial charge < -0.3 is 4.74 Å². The number of benzene rings is 1. The molecule has 1 saturated carbocycles. The minimum absolute atomic E-state index is 0.0507. The van der Waals surface area contributed by atoms with Gasteiger partial charge in [0.15, 0.2) is 0 Å². The monoisotopic (exact) mass is 216 g/mol. The molecule has 2 rings (SSSR count). The molecule has 2 heteroatoms. The second kappa shape index (κ2) is 4.97. The average molecular weight is 216 g/mol. The molecule has 84 valence electrons. The number of ether oxygens (including phenoxy) is 1. The van der Waals surface area contributed by atoms with Gasteiger partial charge in [0.2, 0.25) is 0 Å². The minimum atomic E-state index is -0.0507. The third-order valence-corrected chi connectivity index (χ3v) is 2.76. The highest BCUT2D eigenvalue weighted by atomic mass is 16.5. The van der Waals surface area contributed by atoms with Gasteiger partial charge in [-0.15, -0.1) is 0 Å². The Morgan fingerprint density at radius 1 is 1.44 bits per heavy atom. The Balaban J connectivity index is 1.85. The van der Waals surface area contributed by atoms with E-state index in [0.717, 1.165) is 6.42 Å². The molecule has 0 bridgehead atoms. The van der Waals surface area contributed by atoms with Gasteiger partial charge in [0.1, 0.15) is 0 Å². The zero-order valence-corrected chi connectivity index (χ0v) is 9.43. The minimum Gasteiger partial charge on any atom is -0.466 e. The van der Waals surface area contributed by atoms with Crippen LogP contribution in [0.15, 0.2) is 36.4 Å². The zero-order chi connectivity index (χ0) is 11.4. The lowest BCUT2D eigenvalue weighted by Gasteiger charge is -1.97. The quantitative estimate of drug-likeness (QED) is 0.723. The second-order valence-electron chi connectivity index (χ2n) is 4.03. The number of allylic oxidation sites excluding steroid dienone is 1. The Bertz CT molecular complexity index is 381. The van der Waals surface area contributed by atoms with E-state index in [1.165, 1.54) is 5.56 Å². The van der Waals surface area contributed by atoms with E-state index in [9.17, 15) is 4.79 Å². The molecule has 16 heavy (non-hydrogen) atoms. The molecular formula is C14H16O2. The van der Waals surface area contributed by atoms with E-state index in [-0.39, 0.29) is 11.9 Å². The summed E-state index contributed by atoms with van der Waals surface area (Å²) in [5.41, 5.74) is 1.18. The molecule has 0 radical (unpaired) electrons. The van der Waals surface area contributed by atoms with Gasteiger partial charge in [-0.3, -0.25) is 4.79 Å². The van der Waals surface area contributed by atoms with E-state index in [0.29, 0.717) is 12.5 Å². The van der Waals surface area contributed by atoms with Crippen molar-refractivity contribution in [3.8, 4) is 0 Å². The Morgan fingerprint density at radius 2 is 2.19 bits per heavy atom.